The van der Waals surface area contributed by atoms with Crippen LogP contribution in [0.15, 0.2) is 77.7 Å². The Hall–Kier alpha value is -3.52. The van der Waals surface area contributed by atoms with Gasteiger partial charge in [-0.1, -0.05) is 43.3 Å². The van der Waals surface area contributed by atoms with Crippen LogP contribution in [0.4, 0.5) is 5.69 Å². The summed E-state index contributed by atoms with van der Waals surface area (Å²) in [6, 6.07) is 21.3. The molecule has 178 valence electrons. The second kappa shape index (κ2) is 10.2. The molecule has 3 aromatic carbocycles. The standard InChI is InChI=1S/C26H28N2O5S/c1-3-20-10-12-21(13-11-20)32-16-15-27-26(29)25-18-28(23-17-19(2)9-14-24(23)33-25)34(30,31)22-7-5-4-6-8-22/h4-14,17,25H,3,15-16,18H2,1-2H3,(H,27,29). The van der Waals surface area contributed by atoms with Crippen LogP contribution < -0.4 is 19.1 Å². The Morgan fingerprint density at radius 1 is 1.09 bits per heavy atom. The van der Waals surface area contributed by atoms with Crippen LogP contribution in [0.5, 0.6) is 11.5 Å². The fourth-order valence-corrected chi connectivity index (χ4v) is 5.21. The van der Waals surface area contributed by atoms with Crippen molar-refractivity contribution in [2.75, 3.05) is 24.0 Å². The normalized spacial score (nSPS) is 15.2. The van der Waals surface area contributed by atoms with E-state index in [1.165, 1.54) is 9.87 Å². The predicted octanol–water partition coefficient (Wildman–Crippen LogP) is 3.71. The Morgan fingerprint density at radius 2 is 1.82 bits per heavy atom. The molecule has 1 aliphatic rings. The van der Waals surface area contributed by atoms with E-state index >= 15 is 0 Å². The van der Waals surface area contributed by atoms with Crippen molar-refractivity contribution < 1.29 is 22.7 Å². The average molecular weight is 481 g/mol. The first-order chi connectivity index (χ1) is 16.4. The summed E-state index contributed by atoms with van der Waals surface area (Å²) in [5, 5.41) is 2.79. The maximum atomic E-state index is 13.4. The van der Waals surface area contributed by atoms with Gasteiger partial charge in [-0.15, -0.1) is 0 Å². The van der Waals surface area contributed by atoms with E-state index in [-0.39, 0.29) is 24.6 Å². The van der Waals surface area contributed by atoms with Gasteiger partial charge in [-0.2, -0.15) is 0 Å². The van der Waals surface area contributed by atoms with Crippen LogP contribution in [-0.4, -0.2) is 40.1 Å². The van der Waals surface area contributed by atoms with Crippen molar-refractivity contribution in [3.63, 3.8) is 0 Å². The summed E-state index contributed by atoms with van der Waals surface area (Å²) in [6.45, 7) is 4.39. The molecule has 1 atom stereocenters. The number of hydrogen-bond acceptors (Lipinski definition) is 5. The summed E-state index contributed by atoms with van der Waals surface area (Å²) >= 11 is 0. The summed E-state index contributed by atoms with van der Waals surface area (Å²) in [5.41, 5.74) is 2.54. The van der Waals surface area contributed by atoms with Crippen molar-refractivity contribution in [2.24, 2.45) is 0 Å². The van der Waals surface area contributed by atoms with Gasteiger partial charge in [-0.05, 0) is 60.9 Å². The van der Waals surface area contributed by atoms with Gasteiger partial charge in [-0.3, -0.25) is 9.10 Å². The summed E-state index contributed by atoms with van der Waals surface area (Å²) < 4.78 is 39.7. The van der Waals surface area contributed by atoms with Gasteiger partial charge in [0, 0.05) is 0 Å². The molecule has 8 heteroatoms. The lowest BCUT2D eigenvalue weighted by Crippen LogP contribution is -2.51. The summed E-state index contributed by atoms with van der Waals surface area (Å²) in [7, 11) is -3.88. The Kier molecular flexibility index (Phi) is 7.07. The molecule has 7 nitrogen and oxygen atoms in total. The lowest BCUT2D eigenvalue weighted by atomic mass is 10.1. The molecule has 4 rings (SSSR count). The van der Waals surface area contributed by atoms with Crippen molar-refractivity contribution in [1.29, 1.82) is 0 Å². The minimum Gasteiger partial charge on any atom is -0.492 e. The number of nitrogens with zero attached hydrogens (tertiary/aromatic N) is 1. The predicted molar refractivity (Wildman–Crippen MR) is 131 cm³/mol. The van der Waals surface area contributed by atoms with Gasteiger partial charge >= 0.3 is 0 Å². The lowest BCUT2D eigenvalue weighted by Gasteiger charge is -2.35. The molecule has 1 aliphatic heterocycles. The van der Waals surface area contributed by atoms with E-state index in [1.54, 1.807) is 42.5 Å². The number of aryl methyl sites for hydroxylation is 2. The molecule has 1 amide bonds. The van der Waals surface area contributed by atoms with Gasteiger partial charge in [0.1, 0.15) is 18.1 Å². The molecule has 0 spiro atoms. The molecule has 0 aromatic heterocycles. The Morgan fingerprint density at radius 3 is 2.53 bits per heavy atom. The third-order valence-corrected chi connectivity index (χ3v) is 7.40. The second-order valence-electron chi connectivity index (χ2n) is 8.06. The van der Waals surface area contributed by atoms with E-state index in [4.69, 9.17) is 9.47 Å². The molecule has 34 heavy (non-hydrogen) atoms. The maximum absolute atomic E-state index is 13.4. The van der Waals surface area contributed by atoms with Crippen molar-refractivity contribution in [2.45, 2.75) is 31.3 Å². The van der Waals surface area contributed by atoms with Gasteiger partial charge in [0.05, 0.1) is 23.7 Å². The zero-order chi connectivity index (χ0) is 24.1. The molecule has 0 saturated carbocycles. The largest absolute Gasteiger partial charge is 0.492 e. The first-order valence-electron chi connectivity index (χ1n) is 11.2. The van der Waals surface area contributed by atoms with Crippen LogP contribution in [-0.2, 0) is 21.2 Å². The van der Waals surface area contributed by atoms with Crippen molar-refractivity contribution in [3.05, 3.63) is 83.9 Å². The van der Waals surface area contributed by atoms with Crippen LogP contribution in [0.1, 0.15) is 18.1 Å². The number of carbonyl (C=O) groups excluding carboxylic acids is 1. The molecule has 0 bridgehead atoms. The minimum absolute atomic E-state index is 0.126. The third kappa shape index (κ3) is 5.17. The van der Waals surface area contributed by atoms with Gasteiger partial charge in [0.25, 0.3) is 15.9 Å². The second-order valence-corrected chi connectivity index (χ2v) is 9.93. The van der Waals surface area contributed by atoms with E-state index in [0.29, 0.717) is 11.4 Å². The monoisotopic (exact) mass is 480 g/mol. The maximum Gasteiger partial charge on any atom is 0.264 e. The number of nitrogens with one attached hydrogen (secondary N) is 1. The quantitative estimate of drug-likeness (QED) is 0.497. The Balaban J connectivity index is 1.45. The average Bonchev–Trinajstić information content (AvgIpc) is 2.86. The molecule has 1 N–H and O–H groups in total. The molecule has 0 fully saturated rings. The van der Waals surface area contributed by atoms with E-state index in [2.05, 4.69) is 12.2 Å². The number of anilines is 1. The highest BCUT2D eigenvalue weighted by molar-refractivity contribution is 7.92. The van der Waals surface area contributed by atoms with Crippen molar-refractivity contribution in [1.82, 2.24) is 5.32 Å². The number of amides is 1. The van der Waals surface area contributed by atoms with Gasteiger partial charge < -0.3 is 14.8 Å². The number of ether oxygens (including phenoxy) is 2. The van der Waals surface area contributed by atoms with Gasteiger partial charge in [0.2, 0.25) is 0 Å². The molecular formula is C26H28N2O5S. The summed E-state index contributed by atoms with van der Waals surface area (Å²) in [5.74, 6) is 0.679. The highest BCUT2D eigenvalue weighted by atomic mass is 32.2. The number of rotatable bonds is 8. The number of hydrogen-bond donors (Lipinski definition) is 1. The molecule has 1 unspecified atom stereocenters. The van der Waals surface area contributed by atoms with Crippen molar-refractivity contribution >= 4 is 21.6 Å². The lowest BCUT2D eigenvalue weighted by molar-refractivity contribution is -0.127. The molecule has 0 aliphatic carbocycles. The fourth-order valence-electron chi connectivity index (χ4n) is 3.72. The zero-order valence-corrected chi connectivity index (χ0v) is 20.0. The molecule has 1 heterocycles. The van der Waals surface area contributed by atoms with E-state index in [9.17, 15) is 13.2 Å². The van der Waals surface area contributed by atoms with Crippen LogP contribution in [0, 0.1) is 6.92 Å². The van der Waals surface area contributed by atoms with Gasteiger partial charge in [-0.25, -0.2) is 8.42 Å². The number of fused-ring (bicyclic) bond motifs is 1. The highest BCUT2D eigenvalue weighted by Gasteiger charge is 2.37. The van der Waals surface area contributed by atoms with E-state index in [0.717, 1.165) is 17.7 Å². The number of carbonyl (C=O) groups is 1. The summed E-state index contributed by atoms with van der Waals surface area (Å²) in [4.78, 5) is 13.0. The number of sulfonamides is 1. The van der Waals surface area contributed by atoms with E-state index < -0.39 is 22.0 Å². The van der Waals surface area contributed by atoms with Crippen LogP contribution >= 0.6 is 0 Å². The molecule has 0 radical (unpaired) electrons. The highest BCUT2D eigenvalue weighted by Crippen LogP contribution is 2.37. The van der Waals surface area contributed by atoms with Crippen LogP contribution in [0.25, 0.3) is 0 Å². The zero-order valence-electron chi connectivity index (χ0n) is 19.2. The SMILES string of the molecule is CCc1ccc(OCCNC(=O)C2CN(S(=O)(=O)c3ccccc3)c3cc(C)ccc3O2)cc1. The first kappa shape index (κ1) is 23.6. The van der Waals surface area contributed by atoms with E-state index in [1.807, 2.05) is 37.3 Å². The minimum atomic E-state index is -3.88. The smallest absolute Gasteiger partial charge is 0.264 e. The molecular weight excluding hydrogens is 452 g/mol. The third-order valence-electron chi connectivity index (χ3n) is 5.61. The summed E-state index contributed by atoms with van der Waals surface area (Å²) in [6.07, 6.45) is -0.0326. The fraction of sp³-hybridized carbons (Fsp3) is 0.269. The Bertz CT molecular complexity index is 1240. The topological polar surface area (TPSA) is 84.9 Å². The molecule has 3 aromatic rings. The molecule has 0 saturated heterocycles. The van der Waals surface area contributed by atoms with Crippen LogP contribution in [0.2, 0.25) is 0 Å². The number of benzene rings is 3. The van der Waals surface area contributed by atoms with Gasteiger partial charge in [0.15, 0.2) is 6.10 Å². The van der Waals surface area contributed by atoms with Crippen LogP contribution in [0.3, 0.4) is 0 Å². The Labute approximate surface area is 200 Å². The van der Waals surface area contributed by atoms with Crippen molar-refractivity contribution in [3.8, 4) is 11.5 Å². The first-order valence-corrected chi connectivity index (χ1v) is 12.7.